The van der Waals surface area contributed by atoms with Gasteiger partial charge in [0.05, 0.1) is 15.6 Å². The summed E-state index contributed by atoms with van der Waals surface area (Å²) in [5.74, 6) is 0. The number of sulfonamides is 1. The third-order valence-corrected chi connectivity index (χ3v) is 5.91. The van der Waals surface area contributed by atoms with Crippen LogP contribution in [0, 0.1) is 13.8 Å². The van der Waals surface area contributed by atoms with Gasteiger partial charge in [0.15, 0.2) is 0 Å². The number of aryl methyl sites for hydroxylation is 2. The number of hydrogen-bond donors (Lipinski definition) is 1. The molecule has 0 saturated heterocycles. The van der Waals surface area contributed by atoms with Gasteiger partial charge in [-0.05, 0) is 44.5 Å². The summed E-state index contributed by atoms with van der Waals surface area (Å²) >= 11 is 4.90. The summed E-state index contributed by atoms with van der Waals surface area (Å²) in [6.07, 6.45) is 0.660. The molecule has 108 valence electrons. The van der Waals surface area contributed by atoms with Gasteiger partial charge < -0.3 is 0 Å². The van der Waals surface area contributed by atoms with Crippen LogP contribution >= 0.6 is 27.3 Å². The molecule has 0 aliphatic heterocycles. The molecule has 0 spiro atoms. The van der Waals surface area contributed by atoms with Crippen LogP contribution < -0.4 is 4.72 Å². The Hall–Kier alpha value is -0.760. The second-order valence-corrected chi connectivity index (χ2v) is 8.31. The van der Waals surface area contributed by atoms with Crippen LogP contribution in [0.4, 0.5) is 0 Å². The molecular weight excluding hydrogens is 360 g/mol. The first kappa shape index (κ1) is 15.6. The van der Waals surface area contributed by atoms with Crippen molar-refractivity contribution >= 4 is 37.3 Å². The fraction of sp³-hybridized carbons (Fsp3) is 0.308. The van der Waals surface area contributed by atoms with Crippen molar-refractivity contribution in [2.75, 3.05) is 6.54 Å². The molecule has 0 aliphatic carbocycles. The van der Waals surface area contributed by atoms with Gasteiger partial charge in [0.2, 0.25) is 10.0 Å². The van der Waals surface area contributed by atoms with Gasteiger partial charge in [-0.2, -0.15) is 0 Å². The number of hydrogen-bond acceptors (Lipinski definition) is 4. The maximum atomic E-state index is 12.1. The van der Waals surface area contributed by atoms with Crippen LogP contribution in [0.3, 0.4) is 0 Å². The molecule has 1 heterocycles. The number of aromatic nitrogens is 1. The SMILES string of the molecule is Cc1nc(C)c(CCNS(=O)(=O)c2ccc(Br)cc2)s1. The van der Waals surface area contributed by atoms with Crippen LogP contribution in [0.2, 0.25) is 0 Å². The predicted molar refractivity (Wildman–Crippen MR) is 84.6 cm³/mol. The Bertz CT molecular complexity index is 694. The Morgan fingerprint density at radius 2 is 1.90 bits per heavy atom. The smallest absolute Gasteiger partial charge is 0.240 e. The lowest BCUT2D eigenvalue weighted by molar-refractivity contribution is 0.581. The Balaban J connectivity index is 1.99. The van der Waals surface area contributed by atoms with Crippen molar-refractivity contribution in [1.82, 2.24) is 9.71 Å². The molecular formula is C13H15BrN2O2S2. The van der Waals surface area contributed by atoms with E-state index in [1.807, 2.05) is 13.8 Å². The Kier molecular flexibility index (Phi) is 4.95. The highest BCUT2D eigenvalue weighted by atomic mass is 79.9. The molecule has 1 aromatic heterocycles. The van der Waals surface area contributed by atoms with Gasteiger partial charge in [-0.3, -0.25) is 0 Å². The lowest BCUT2D eigenvalue weighted by Crippen LogP contribution is -2.25. The molecule has 0 radical (unpaired) electrons. The molecule has 0 amide bonds. The summed E-state index contributed by atoms with van der Waals surface area (Å²) in [5.41, 5.74) is 0.982. The average molecular weight is 375 g/mol. The second-order valence-electron chi connectivity index (χ2n) is 4.34. The van der Waals surface area contributed by atoms with Crippen LogP contribution in [0.25, 0.3) is 0 Å². The van der Waals surface area contributed by atoms with Crippen LogP contribution in [-0.2, 0) is 16.4 Å². The zero-order chi connectivity index (χ0) is 14.8. The maximum Gasteiger partial charge on any atom is 0.240 e. The summed E-state index contributed by atoms with van der Waals surface area (Å²) in [4.78, 5) is 5.73. The van der Waals surface area contributed by atoms with E-state index < -0.39 is 10.0 Å². The first-order chi connectivity index (χ1) is 9.38. The van der Waals surface area contributed by atoms with E-state index in [4.69, 9.17) is 0 Å². The lowest BCUT2D eigenvalue weighted by Gasteiger charge is -2.06. The molecule has 7 heteroatoms. The first-order valence-corrected chi connectivity index (χ1v) is 9.16. The topological polar surface area (TPSA) is 59.1 Å². The van der Waals surface area contributed by atoms with E-state index in [2.05, 4.69) is 25.6 Å². The van der Waals surface area contributed by atoms with Crippen LogP contribution in [0.5, 0.6) is 0 Å². The minimum atomic E-state index is -3.44. The van der Waals surface area contributed by atoms with Crippen molar-refractivity contribution in [3.8, 4) is 0 Å². The lowest BCUT2D eigenvalue weighted by atomic mass is 10.3. The normalized spacial score (nSPS) is 11.8. The molecule has 0 aliphatic rings. The Labute approximate surface area is 131 Å². The summed E-state index contributed by atoms with van der Waals surface area (Å²) in [5, 5.41) is 1.01. The largest absolute Gasteiger partial charge is 0.247 e. The number of halogens is 1. The number of nitrogens with one attached hydrogen (secondary N) is 1. The van der Waals surface area contributed by atoms with E-state index >= 15 is 0 Å². The summed E-state index contributed by atoms with van der Waals surface area (Å²) in [6.45, 7) is 4.27. The third kappa shape index (κ3) is 3.88. The number of nitrogens with zero attached hydrogens (tertiary/aromatic N) is 1. The van der Waals surface area contributed by atoms with E-state index in [0.29, 0.717) is 13.0 Å². The molecule has 0 unspecified atom stereocenters. The van der Waals surface area contributed by atoms with E-state index in [1.165, 1.54) is 0 Å². The fourth-order valence-corrected chi connectivity index (χ4v) is 4.03. The molecule has 2 aromatic rings. The molecule has 0 bridgehead atoms. The number of benzene rings is 1. The molecule has 0 atom stereocenters. The van der Waals surface area contributed by atoms with E-state index in [9.17, 15) is 8.42 Å². The zero-order valence-electron chi connectivity index (χ0n) is 11.2. The monoisotopic (exact) mass is 374 g/mol. The van der Waals surface area contributed by atoms with Crippen molar-refractivity contribution in [3.05, 3.63) is 44.3 Å². The van der Waals surface area contributed by atoms with Crippen LogP contribution in [-0.4, -0.2) is 19.9 Å². The predicted octanol–water partition coefficient (Wildman–Crippen LogP) is 3.04. The molecule has 1 aromatic carbocycles. The van der Waals surface area contributed by atoms with Crippen molar-refractivity contribution < 1.29 is 8.42 Å². The van der Waals surface area contributed by atoms with Crippen LogP contribution in [0.15, 0.2) is 33.6 Å². The molecule has 4 nitrogen and oxygen atoms in total. The molecule has 0 fully saturated rings. The molecule has 1 N–H and O–H groups in total. The Morgan fingerprint density at radius 3 is 2.45 bits per heavy atom. The van der Waals surface area contributed by atoms with Crippen molar-refractivity contribution in [1.29, 1.82) is 0 Å². The summed E-state index contributed by atoms with van der Waals surface area (Å²) in [6, 6.07) is 6.58. The van der Waals surface area contributed by atoms with Gasteiger partial charge in [-0.15, -0.1) is 11.3 Å². The highest BCUT2D eigenvalue weighted by Gasteiger charge is 2.13. The van der Waals surface area contributed by atoms with Crippen molar-refractivity contribution in [3.63, 3.8) is 0 Å². The summed E-state index contributed by atoms with van der Waals surface area (Å²) < 4.78 is 27.6. The van der Waals surface area contributed by atoms with Crippen molar-refractivity contribution in [2.45, 2.75) is 25.2 Å². The van der Waals surface area contributed by atoms with Crippen LogP contribution in [0.1, 0.15) is 15.6 Å². The van der Waals surface area contributed by atoms with Gasteiger partial charge in [-0.25, -0.2) is 18.1 Å². The quantitative estimate of drug-likeness (QED) is 0.874. The number of thiazole rings is 1. The van der Waals surface area contributed by atoms with Crippen molar-refractivity contribution in [2.24, 2.45) is 0 Å². The maximum absolute atomic E-state index is 12.1. The van der Waals surface area contributed by atoms with Gasteiger partial charge in [0.25, 0.3) is 0 Å². The summed E-state index contributed by atoms with van der Waals surface area (Å²) in [7, 11) is -3.44. The highest BCUT2D eigenvalue weighted by molar-refractivity contribution is 9.10. The molecule has 2 rings (SSSR count). The average Bonchev–Trinajstić information content (AvgIpc) is 2.68. The third-order valence-electron chi connectivity index (χ3n) is 2.77. The minimum Gasteiger partial charge on any atom is -0.247 e. The van der Waals surface area contributed by atoms with Gasteiger partial charge in [0, 0.05) is 15.9 Å². The zero-order valence-corrected chi connectivity index (χ0v) is 14.4. The van der Waals surface area contributed by atoms with Gasteiger partial charge in [-0.1, -0.05) is 15.9 Å². The number of rotatable bonds is 5. The molecule has 20 heavy (non-hydrogen) atoms. The Morgan fingerprint density at radius 1 is 1.25 bits per heavy atom. The van der Waals surface area contributed by atoms with Gasteiger partial charge >= 0.3 is 0 Å². The van der Waals surface area contributed by atoms with Gasteiger partial charge in [0.1, 0.15) is 0 Å². The van der Waals surface area contributed by atoms with E-state index in [1.54, 1.807) is 35.6 Å². The molecule has 0 saturated carbocycles. The first-order valence-electron chi connectivity index (χ1n) is 6.06. The highest BCUT2D eigenvalue weighted by Crippen LogP contribution is 2.18. The minimum absolute atomic E-state index is 0.276. The fourth-order valence-electron chi connectivity index (χ4n) is 1.80. The second kappa shape index (κ2) is 6.34. The van der Waals surface area contributed by atoms with E-state index in [-0.39, 0.29) is 4.90 Å². The van der Waals surface area contributed by atoms with E-state index in [0.717, 1.165) is 20.1 Å². The standard InChI is InChI=1S/C13H15BrN2O2S2/c1-9-13(19-10(2)16-9)7-8-15-20(17,18)12-5-3-11(14)4-6-12/h3-6,15H,7-8H2,1-2H3.